The van der Waals surface area contributed by atoms with Crippen molar-refractivity contribution in [2.24, 2.45) is 0 Å². The van der Waals surface area contributed by atoms with Gasteiger partial charge in [0.25, 0.3) is 4.84 Å². The summed E-state index contributed by atoms with van der Waals surface area (Å²) in [6, 6.07) is 16.1. The van der Waals surface area contributed by atoms with Crippen molar-refractivity contribution >= 4 is 23.3 Å². The molecule has 1 fully saturated rings. The van der Waals surface area contributed by atoms with Gasteiger partial charge in [-0.05, 0) is 36.8 Å². The van der Waals surface area contributed by atoms with E-state index in [0.717, 1.165) is 55.1 Å². The monoisotopic (exact) mass is 421 g/mol. The molecule has 30 heavy (non-hydrogen) atoms. The Hall–Kier alpha value is -2.81. The molecule has 1 saturated heterocycles. The molecular formula is C22H23N5O2S. The van der Waals surface area contributed by atoms with Crippen LogP contribution in [0.15, 0.2) is 57.5 Å². The molecule has 0 N–H and O–H groups in total. The van der Waals surface area contributed by atoms with Gasteiger partial charge < -0.3 is 8.94 Å². The fourth-order valence-electron chi connectivity index (χ4n) is 3.88. The maximum atomic E-state index is 5.70. The quantitative estimate of drug-likeness (QED) is 0.450. The van der Waals surface area contributed by atoms with E-state index in [-0.39, 0.29) is 0 Å². The van der Waals surface area contributed by atoms with Gasteiger partial charge in [0.2, 0.25) is 11.7 Å². The van der Waals surface area contributed by atoms with Crippen LogP contribution in [0.1, 0.15) is 11.5 Å². The predicted molar refractivity (Wildman–Crippen MR) is 116 cm³/mol. The first-order valence-electron chi connectivity index (χ1n) is 10.1. The first-order valence-corrected chi connectivity index (χ1v) is 10.5. The van der Waals surface area contributed by atoms with Gasteiger partial charge in [0.1, 0.15) is 0 Å². The second kappa shape index (κ2) is 8.14. The molecular weight excluding hydrogens is 398 g/mol. The molecule has 0 saturated carbocycles. The molecule has 1 aliphatic heterocycles. The number of oxazole rings is 1. The molecule has 0 atom stereocenters. The number of nitrogens with zero attached hydrogens (tertiary/aromatic N) is 5. The molecule has 2 aromatic carbocycles. The summed E-state index contributed by atoms with van der Waals surface area (Å²) in [5, 5.41) is 4.17. The minimum absolute atomic E-state index is 0.522. The van der Waals surface area contributed by atoms with Crippen LogP contribution >= 0.6 is 12.2 Å². The first kappa shape index (κ1) is 19.2. The third-order valence-corrected chi connectivity index (χ3v) is 5.90. The maximum Gasteiger partial charge on any atom is 0.270 e. The van der Waals surface area contributed by atoms with Gasteiger partial charge in [-0.1, -0.05) is 41.6 Å². The van der Waals surface area contributed by atoms with Gasteiger partial charge in [-0.2, -0.15) is 4.98 Å². The molecule has 0 spiro atoms. The molecule has 7 nitrogen and oxygen atoms in total. The minimum Gasteiger partial charge on any atom is -0.429 e. The first-order chi connectivity index (χ1) is 14.7. The Morgan fingerprint density at radius 1 is 0.967 bits per heavy atom. The largest absolute Gasteiger partial charge is 0.429 e. The third-order valence-electron chi connectivity index (χ3n) is 5.59. The average Bonchev–Trinajstić information content (AvgIpc) is 3.34. The molecule has 0 amide bonds. The Morgan fingerprint density at radius 3 is 2.53 bits per heavy atom. The number of fused-ring (bicyclic) bond motifs is 1. The number of piperazine rings is 1. The Morgan fingerprint density at radius 2 is 1.70 bits per heavy atom. The van der Waals surface area contributed by atoms with Gasteiger partial charge in [-0.25, -0.2) is 0 Å². The highest BCUT2D eigenvalue weighted by Gasteiger charge is 2.21. The van der Waals surface area contributed by atoms with Crippen molar-refractivity contribution in [3.63, 3.8) is 0 Å². The molecule has 2 aromatic heterocycles. The van der Waals surface area contributed by atoms with E-state index in [1.165, 1.54) is 0 Å². The molecule has 154 valence electrons. The van der Waals surface area contributed by atoms with Crippen LogP contribution in [0.25, 0.3) is 22.5 Å². The smallest absolute Gasteiger partial charge is 0.270 e. The number of para-hydroxylation sites is 2. The fourth-order valence-corrected chi connectivity index (χ4v) is 4.13. The summed E-state index contributed by atoms with van der Waals surface area (Å²) < 4.78 is 13.3. The summed E-state index contributed by atoms with van der Waals surface area (Å²) in [7, 11) is 0. The van der Waals surface area contributed by atoms with E-state index in [2.05, 4.69) is 37.5 Å². The normalized spacial score (nSPS) is 15.8. The van der Waals surface area contributed by atoms with Crippen molar-refractivity contribution in [3.8, 4) is 11.4 Å². The number of benzene rings is 2. The van der Waals surface area contributed by atoms with Gasteiger partial charge in [0, 0.05) is 31.7 Å². The molecule has 8 heteroatoms. The Kier molecular flexibility index (Phi) is 5.20. The van der Waals surface area contributed by atoms with E-state index in [1.807, 2.05) is 42.5 Å². The predicted octanol–water partition coefficient (Wildman–Crippen LogP) is 4.10. The van der Waals surface area contributed by atoms with Crippen molar-refractivity contribution in [2.75, 3.05) is 26.2 Å². The maximum absolute atomic E-state index is 5.70. The van der Waals surface area contributed by atoms with Crippen molar-refractivity contribution in [3.05, 3.63) is 64.8 Å². The molecule has 0 aliphatic carbocycles. The highest BCUT2D eigenvalue weighted by Crippen LogP contribution is 2.21. The fraction of sp³-hybridized carbons (Fsp3) is 0.318. The zero-order valence-corrected chi connectivity index (χ0v) is 17.6. The summed E-state index contributed by atoms with van der Waals surface area (Å²) in [5.74, 6) is 1.31. The number of rotatable bonds is 5. The van der Waals surface area contributed by atoms with Crippen LogP contribution in [-0.4, -0.2) is 50.7 Å². The standard InChI is InChI=1S/C22H23N5O2S/c1-16-6-2-3-7-17(16)21-23-20(29-24-21)14-25-10-12-26(13-11-25)15-27-18-8-4-5-9-19(18)28-22(27)30/h2-9H,10-15H2,1H3. The number of aryl methyl sites for hydroxylation is 1. The van der Waals surface area contributed by atoms with E-state index >= 15 is 0 Å². The summed E-state index contributed by atoms with van der Waals surface area (Å²) in [6.45, 7) is 7.22. The number of aromatic nitrogens is 3. The van der Waals surface area contributed by atoms with Crippen molar-refractivity contribution in [1.82, 2.24) is 24.5 Å². The molecule has 0 bridgehead atoms. The summed E-state index contributed by atoms with van der Waals surface area (Å²) in [4.78, 5) is 9.85. The zero-order chi connectivity index (χ0) is 20.5. The van der Waals surface area contributed by atoms with E-state index in [9.17, 15) is 0 Å². The van der Waals surface area contributed by atoms with Gasteiger partial charge >= 0.3 is 0 Å². The summed E-state index contributed by atoms with van der Waals surface area (Å²) in [6.07, 6.45) is 0. The van der Waals surface area contributed by atoms with Gasteiger partial charge in [-0.3, -0.25) is 14.4 Å². The molecule has 5 rings (SSSR count). The summed E-state index contributed by atoms with van der Waals surface area (Å²) in [5.41, 5.74) is 4.03. The van der Waals surface area contributed by atoms with Crippen LogP contribution in [0.5, 0.6) is 0 Å². The van der Waals surface area contributed by atoms with Crippen LogP contribution in [-0.2, 0) is 13.2 Å². The van der Waals surface area contributed by atoms with Crippen LogP contribution in [0.2, 0.25) is 0 Å². The lowest BCUT2D eigenvalue weighted by atomic mass is 10.1. The molecule has 1 aliphatic rings. The SMILES string of the molecule is Cc1ccccc1-c1noc(CN2CCN(Cn3c(=S)oc4ccccc43)CC2)n1. The average molecular weight is 422 g/mol. The van der Waals surface area contributed by atoms with Gasteiger partial charge in [-0.15, -0.1) is 0 Å². The van der Waals surface area contributed by atoms with Crippen LogP contribution in [0.3, 0.4) is 0 Å². The van der Waals surface area contributed by atoms with Crippen LogP contribution in [0, 0.1) is 11.8 Å². The Labute approximate surface area is 179 Å². The second-order valence-corrected chi connectivity index (χ2v) is 7.98. The highest BCUT2D eigenvalue weighted by molar-refractivity contribution is 7.71. The topological polar surface area (TPSA) is 63.5 Å². The third kappa shape index (κ3) is 3.81. The summed E-state index contributed by atoms with van der Waals surface area (Å²) >= 11 is 5.41. The van der Waals surface area contributed by atoms with E-state index in [1.54, 1.807) is 0 Å². The van der Waals surface area contributed by atoms with E-state index in [4.69, 9.17) is 21.2 Å². The Bertz CT molecular complexity index is 1220. The number of hydrogen-bond acceptors (Lipinski definition) is 7. The van der Waals surface area contributed by atoms with E-state index in [0.29, 0.717) is 23.1 Å². The zero-order valence-electron chi connectivity index (χ0n) is 16.8. The van der Waals surface area contributed by atoms with Crippen molar-refractivity contribution < 1.29 is 8.94 Å². The second-order valence-electron chi connectivity index (χ2n) is 7.63. The molecule has 0 unspecified atom stereocenters. The molecule has 3 heterocycles. The highest BCUT2D eigenvalue weighted by atomic mass is 32.1. The van der Waals surface area contributed by atoms with Crippen LogP contribution in [0.4, 0.5) is 0 Å². The van der Waals surface area contributed by atoms with Crippen molar-refractivity contribution in [1.29, 1.82) is 0 Å². The molecule has 0 radical (unpaired) electrons. The number of hydrogen-bond donors (Lipinski definition) is 0. The van der Waals surface area contributed by atoms with Gasteiger partial charge in [0.15, 0.2) is 5.58 Å². The van der Waals surface area contributed by atoms with E-state index < -0.39 is 0 Å². The lowest BCUT2D eigenvalue weighted by molar-refractivity contribution is 0.0949. The minimum atomic E-state index is 0.522. The van der Waals surface area contributed by atoms with Gasteiger partial charge in [0.05, 0.1) is 18.7 Å². The van der Waals surface area contributed by atoms with Crippen LogP contribution < -0.4 is 0 Å². The molecule has 4 aromatic rings. The lowest BCUT2D eigenvalue weighted by Crippen LogP contribution is -2.46. The lowest BCUT2D eigenvalue weighted by Gasteiger charge is -2.33. The Balaban J connectivity index is 1.20. The van der Waals surface area contributed by atoms with Crippen molar-refractivity contribution in [2.45, 2.75) is 20.1 Å².